The summed E-state index contributed by atoms with van der Waals surface area (Å²) in [4.78, 5) is 8.41. The molecule has 0 amide bonds. The van der Waals surface area contributed by atoms with Crippen LogP contribution >= 0.6 is 15.9 Å². The van der Waals surface area contributed by atoms with Crippen molar-refractivity contribution in [3.05, 3.63) is 10.7 Å². The highest BCUT2D eigenvalue weighted by molar-refractivity contribution is 9.10. The lowest BCUT2D eigenvalue weighted by Crippen LogP contribution is -2.08. The van der Waals surface area contributed by atoms with Gasteiger partial charge in [0, 0.05) is 31.8 Å². The molecule has 0 aliphatic carbocycles. The van der Waals surface area contributed by atoms with Gasteiger partial charge in [0.15, 0.2) is 0 Å². The molecule has 2 N–H and O–H groups in total. The zero-order valence-electron chi connectivity index (χ0n) is 11.1. The molecule has 0 aliphatic heterocycles. The minimum atomic E-state index is -2.84. The lowest BCUT2D eigenvalue weighted by atomic mass is 10.2. The standard InChI is InChI=1S/C11H19BrN4O2S/c1-13-10-9(12)8-15-11(16-10)14-6-4-3-5-7-19(2,17)18/h8H,3-7H2,1-2H3,(H2,13,14,15,16). The smallest absolute Gasteiger partial charge is 0.224 e. The summed E-state index contributed by atoms with van der Waals surface area (Å²) in [5.74, 6) is 1.55. The maximum atomic E-state index is 10.9. The van der Waals surface area contributed by atoms with Crippen molar-refractivity contribution in [2.75, 3.05) is 36.2 Å². The number of anilines is 2. The Kier molecular flexibility index (Phi) is 6.50. The number of nitrogens with zero attached hydrogens (tertiary/aromatic N) is 2. The van der Waals surface area contributed by atoms with E-state index < -0.39 is 9.84 Å². The van der Waals surface area contributed by atoms with E-state index in [1.54, 1.807) is 13.2 Å². The van der Waals surface area contributed by atoms with E-state index in [2.05, 4.69) is 36.5 Å². The maximum absolute atomic E-state index is 10.9. The zero-order chi connectivity index (χ0) is 14.3. The van der Waals surface area contributed by atoms with Crippen LogP contribution in [0.2, 0.25) is 0 Å². The highest BCUT2D eigenvalue weighted by atomic mass is 79.9. The zero-order valence-corrected chi connectivity index (χ0v) is 13.5. The number of sulfone groups is 1. The Labute approximate surface area is 122 Å². The van der Waals surface area contributed by atoms with Crippen molar-refractivity contribution in [3.8, 4) is 0 Å². The van der Waals surface area contributed by atoms with Crippen LogP contribution in [0.25, 0.3) is 0 Å². The molecule has 0 radical (unpaired) electrons. The van der Waals surface area contributed by atoms with E-state index in [0.717, 1.165) is 29.7 Å². The summed E-state index contributed by atoms with van der Waals surface area (Å²) in [7, 11) is -1.04. The topological polar surface area (TPSA) is 84.0 Å². The van der Waals surface area contributed by atoms with Gasteiger partial charge in [-0.25, -0.2) is 13.4 Å². The summed E-state index contributed by atoms with van der Waals surface area (Å²) in [6, 6.07) is 0. The average Bonchev–Trinajstić information content (AvgIpc) is 2.34. The quantitative estimate of drug-likeness (QED) is 0.696. The molecular weight excluding hydrogens is 332 g/mol. The average molecular weight is 351 g/mol. The molecule has 6 nitrogen and oxygen atoms in total. The third-order valence-electron chi connectivity index (χ3n) is 2.46. The number of hydrogen-bond donors (Lipinski definition) is 2. The van der Waals surface area contributed by atoms with Crippen molar-refractivity contribution in [2.24, 2.45) is 0 Å². The predicted octanol–water partition coefficient (Wildman–Crippen LogP) is 1.91. The Morgan fingerprint density at radius 1 is 1.32 bits per heavy atom. The molecular formula is C11H19BrN4O2S. The van der Waals surface area contributed by atoms with Gasteiger partial charge in [0.2, 0.25) is 5.95 Å². The van der Waals surface area contributed by atoms with Gasteiger partial charge in [-0.05, 0) is 28.8 Å². The van der Waals surface area contributed by atoms with E-state index in [-0.39, 0.29) is 5.75 Å². The first-order valence-corrected chi connectivity index (χ1v) is 8.89. The van der Waals surface area contributed by atoms with Gasteiger partial charge in [0.05, 0.1) is 4.47 Å². The van der Waals surface area contributed by atoms with Gasteiger partial charge >= 0.3 is 0 Å². The molecule has 8 heteroatoms. The van der Waals surface area contributed by atoms with Gasteiger partial charge in [-0.1, -0.05) is 6.42 Å². The van der Waals surface area contributed by atoms with Gasteiger partial charge in [-0.3, -0.25) is 0 Å². The Morgan fingerprint density at radius 2 is 2.05 bits per heavy atom. The third-order valence-corrected chi connectivity index (χ3v) is 4.07. The Balaban J connectivity index is 2.26. The first-order chi connectivity index (χ1) is 8.92. The second-order valence-electron chi connectivity index (χ2n) is 4.26. The molecule has 0 saturated carbocycles. The van der Waals surface area contributed by atoms with Crippen LogP contribution < -0.4 is 10.6 Å². The van der Waals surface area contributed by atoms with Crippen LogP contribution in [0.1, 0.15) is 19.3 Å². The molecule has 1 aromatic heterocycles. The van der Waals surface area contributed by atoms with Crippen molar-refractivity contribution in [2.45, 2.75) is 19.3 Å². The van der Waals surface area contributed by atoms with Crippen LogP contribution in [0.5, 0.6) is 0 Å². The lowest BCUT2D eigenvalue weighted by Gasteiger charge is -2.07. The van der Waals surface area contributed by atoms with Crippen molar-refractivity contribution in [1.82, 2.24) is 9.97 Å². The summed E-state index contributed by atoms with van der Waals surface area (Å²) < 4.78 is 22.7. The molecule has 0 fully saturated rings. The summed E-state index contributed by atoms with van der Waals surface area (Å²) in [5, 5.41) is 6.07. The fourth-order valence-electron chi connectivity index (χ4n) is 1.49. The van der Waals surface area contributed by atoms with Crippen LogP contribution in [-0.4, -0.2) is 44.0 Å². The minimum absolute atomic E-state index is 0.256. The second-order valence-corrected chi connectivity index (χ2v) is 7.37. The fourth-order valence-corrected chi connectivity index (χ4v) is 2.61. The molecule has 108 valence electrons. The van der Waals surface area contributed by atoms with Crippen LogP contribution in [0.3, 0.4) is 0 Å². The molecule has 1 heterocycles. The number of rotatable bonds is 8. The highest BCUT2D eigenvalue weighted by Crippen LogP contribution is 2.19. The second kappa shape index (κ2) is 7.64. The van der Waals surface area contributed by atoms with Gasteiger partial charge in [-0.15, -0.1) is 0 Å². The molecule has 1 aromatic rings. The molecule has 0 spiro atoms. The highest BCUT2D eigenvalue weighted by Gasteiger charge is 2.03. The summed E-state index contributed by atoms with van der Waals surface area (Å²) in [5.41, 5.74) is 0. The van der Waals surface area contributed by atoms with Crippen LogP contribution in [0, 0.1) is 0 Å². The molecule has 0 aromatic carbocycles. The maximum Gasteiger partial charge on any atom is 0.224 e. The molecule has 0 unspecified atom stereocenters. The van der Waals surface area contributed by atoms with E-state index >= 15 is 0 Å². The van der Waals surface area contributed by atoms with Crippen molar-refractivity contribution < 1.29 is 8.42 Å². The summed E-state index contributed by atoms with van der Waals surface area (Å²) in [6.07, 6.45) is 5.41. The SMILES string of the molecule is CNc1nc(NCCCCCS(C)(=O)=O)ncc1Br. The van der Waals surface area contributed by atoms with Gasteiger partial charge in [0.1, 0.15) is 15.7 Å². The lowest BCUT2D eigenvalue weighted by molar-refractivity contribution is 0.596. The van der Waals surface area contributed by atoms with Crippen LogP contribution in [0.4, 0.5) is 11.8 Å². The number of unbranched alkanes of at least 4 members (excludes halogenated alkanes) is 2. The van der Waals surface area contributed by atoms with Crippen molar-refractivity contribution in [3.63, 3.8) is 0 Å². The van der Waals surface area contributed by atoms with Crippen molar-refractivity contribution >= 4 is 37.5 Å². The van der Waals surface area contributed by atoms with Gasteiger partial charge < -0.3 is 10.6 Å². The van der Waals surface area contributed by atoms with E-state index in [1.807, 2.05) is 0 Å². The number of hydrogen-bond acceptors (Lipinski definition) is 6. The molecule has 0 atom stereocenters. The van der Waals surface area contributed by atoms with E-state index in [4.69, 9.17) is 0 Å². The molecule has 0 saturated heterocycles. The van der Waals surface area contributed by atoms with Crippen LogP contribution in [0.15, 0.2) is 10.7 Å². The predicted molar refractivity (Wildman–Crippen MR) is 81.3 cm³/mol. The summed E-state index contributed by atoms with van der Waals surface area (Å²) >= 11 is 3.34. The molecule has 19 heavy (non-hydrogen) atoms. The third kappa shape index (κ3) is 6.72. The largest absolute Gasteiger partial charge is 0.372 e. The number of halogens is 1. The molecule has 0 aliphatic rings. The molecule has 0 bridgehead atoms. The normalized spacial score (nSPS) is 11.3. The van der Waals surface area contributed by atoms with E-state index in [1.165, 1.54) is 6.26 Å². The van der Waals surface area contributed by atoms with Crippen molar-refractivity contribution in [1.29, 1.82) is 0 Å². The Morgan fingerprint density at radius 3 is 2.68 bits per heavy atom. The monoisotopic (exact) mass is 350 g/mol. The van der Waals surface area contributed by atoms with Gasteiger partial charge in [-0.2, -0.15) is 4.98 Å². The first-order valence-electron chi connectivity index (χ1n) is 6.04. The number of nitrogens with one attached hydrogen (secondary N) is 2. The Hall–Kier alpha value is -0.890. The molecule has 1 rings (SSSR count). The fraction of sp³-hybridized carbons (Fsp3) is 0.636. The van der Waals surface area contributed by atoms with E-state index in [0.29, 0.717) is 12.4 Å². The van der Waals surface area contributed by atoms with Gasteiger partial charge in [0.25, 0.3) is 0 Å². The van der Waals surface area contributed by atoms with Crippen LogP contribution in [-0.2, 0) is 9.84 Å². The van der Waals surface area contributed by atoms with E-state index in [9.17, 15) is 8.42 Å². The summed E-state index contributed by atoms with van der Waals surface area (Å²) in [6.45, 7) is 0.731. The Bertz CT molecular complexity index is 507. The number of aromatic nitrogens is 2. The minimum Gasteiger partial charge on any atom is -0.372 e. The first kappa shape index (κ1) is 16.2.